The van der Waals surface area contributed by atoms with Gasteiger partial charge in [0.15, 0.2) is 0 Å². The summed E-state index contributed by atoms with van der Waals surface area (Å²) in [5, 5.41) is 22.8. The summed E-state index contributed by atoms with van der Waals surface area (Å²) >= 11 is 5.67. The number of benzene rings is 1. The van der Waals surface area contributed by atoms with E-state index in [-0.39, 0.29) is 17.5 Å². The first-order chi connectivity index (χ1) is 9.81. The number of hydrogen-bond acceptors (Lipinski definition) is 5. The van der Waals surface area contributed by atoms with Crippen LogP contribution in [0, 0.1) is 6.92 Å². The van der Waals surface area contributed by atoms with Gasteiger partial charge in [-0.25, -0.2) is 0 Å². The lowest BCUT2D eigenvalue weighted by Crippen LogP contribution is -2.36. The van der Waals surface area contributed by atoms with Gasteiger partial charge in [0.1, 0.15) is 6.10 Å². The van der Waals surface area contributed by atoms with Crippen molar-refractivity contribution in [3.05, 3.63) is 34.3 Å². The lowest BCUT2D eigenvalue weighted by atomic mass is 10.1. The normalized spacial score (nSPS) is 18.5. The van der Waals surface area contributed by atoms with E-state index in [4.69, 9.17) is 22.4 Å². The zero-order valence-electron chi connectivity index (χ0n) is 11.6. The molecule has 1 heterocycles. The molecule has 1 aliphatic rings. The number of aliphatic hydroxyl groups is 1. The number of carbonyl (C=O) groups is 2. The van der Waals surface area contributed by atoms with Gasteiger partial charge in [0.25, 0.3) is 0 Å². The van der Waals surface area contributed by atoms with Gasteiger partial charge in [-0.2, -0.15) is 0 Å². The zero-order chi connectivity index (χ0) is 16.0. The molecule has 7 heteroatoms. The lowest BCUT2D eigenvalue weighted by Gasteiger charge is -2.12. The summed E-state index contributed by atoms with van der Waals surface area (Å²) in [6.45, 7) is 2.70. The van der Waals surface area contributed by atoms with Gasteiger partial charge in [0, 0.05) is 5.02 Å². The Morgan fingerprint density at radius 3 is 2.52 bits per heavy atom. The minimum atomic E-state index is -1.61. The number of primary amides is 1. The van der Waals surface area contributed by atoms with Crippen LogP contribution < -0.4 is 16.2 Å². The van der Waals surface area contributed by atoms with E-state index >= 15 is 0 Å². The number of halogens is 1. The van der Waals surface area contributed by atoms with Crippen LogP contribution in [-0.4, -0.2) is 29.6 Å². The van der Waals surface area contributed by atoms with Crippen LogP contribution in [0.5, 0.6) is 0 Å². The predicted octanol–water partition coefficient (Wildman–Crippen LogP) is -0.345. The first-order valence-electron chi connectivity index (χ1n) is 6.50. The van der Waals surface area contributed by atoms with Crippen molar-refractivity contribution in [1.82, 2.24) is 5.32 Å². The van der Waals surface area contributed by atoms with Gasteiger partial charge in [-0.3, -0.25) is 4.79 Å². The highest BCUT2D eigenvalue weighted by Crippen LogP contribution is 2.19. The van der Waals surface area contributed by atoms with Gasteiger partial charge in [-0.15, -0.1) is 0 Å². The Morgan fingerprint density at radius 2 is 2.14 bits per heavy atom. The number of nitrogens with two attached hydrogens (primary N) is 1. The van der Waals surface area contributed by atoms with E-state index in [1.807, 2.05) is 0 Å². The molecule has 116 valence electrons. The summed E-state index contributed by atoms with van der Waals surface area (Å²) in [6, 6.07) is 4.57. The fraction of sp³-hybridized carbons (Fsp3) is 0.429. The molecule has 0 bridgehead atoms. The second kappa shape index (κ2) is 7.97. The minimum Gasteiger partial charge on any atom is -0.547 e. The SMILES string of the molecule is Cc1cc(Cl)cc([C@H](O)C(=O)[O-])c1.NC(=O)[C@@H]1CCCN1. The number of nitrogens with one attached hydrogen (secondary N) is 1. The maximum Gasteiger partial charge on any atom is 0.234 e. The van der Waals surface area contributed by atoms with E-state index in [1.165, 1.54) is 6.07 Å². The summed E-state index contributed by atoms with van der Waals surface area (Å²) in [5.74, 6) is -1.75. The summed E-state index contributed by atoms with van der Waals surface area (Å²) in [4.78, 5) is 20.7. The molecule has 0 spiro atoms. The lowest BCUT2D eigenvalue weighted by molar-refractivity contribution is -0.315. The summed E-state index contributed by atoms with van der Waals surface area (Å²) in [5.41, 5.74) is 6.03. The molecule has 1 aromatic rings. The van der Waals surface area contributed by atoms with Crippen LogP contribution in [0.25, 0.3) is 0 Å². The number of aliphatic hydroxyl groups excluding tert-OH is 1. The molecule has 0 radical (unpaired) electrons. The largest absolute Gasteiger partial charge is 0.547 e. The fourth-order valence-corrected chi connectivity index (χ4v) is 2.28. The van der Waals surface area contributed by atoms with E-state index in [0.717, 1.165) is 24.9 Å². The number of carbonyl (C=O) groups excluding carboxylic acids is 2. The highest BCUT2D eigenvalue weighted by atomic mass is 35.5. The van der Waals surface area contributed by atoms with Gasteiger partial charge in [-0.1, -0.05) is 17.7 Å². The number of hydrogen-bond donors (Lipinski definition) is 3. The maximum absolute atomic E-state index is 10.4. The number of aliphatic carboxylic acids is 1. The number of amides is 1. The summed E-state index contributed by atoms with van der Waals surface area (Å²) in [7, 11) is 0. The molecule has 2 rings (SSSR count). The predicted molar refractivity (Wildman–Crippen MR) is 76.4 cm³/mol. The molecule has 0 unspecified atom stereocenters. The third-order valence-electron chi connectivity index (χ3n) is 3.01. The minimum absolute atomic E-state index is 0.0463. The van der Waals surface area contributed by atoms with Crippen molar-refractivity contribution in [1.29, 1.82) is 0 Å². The van der Waals surface area contributed by atoms with E-state index < -0.39 is 12.1 Å². The second-order valence-electron chi connectivity index (χ2n) is 4.83. The van der Waals surface area contributed by atoms with Crippen molar-refractivity contribution in [3.8, 4) is 0 Å². The van der Waals surface area contributed by atoms with Gasteiger partial charge < -0.3 is 26.1 Å². The topological polar surface area (TPSA) is 115 Å². The molecule has 0 saturated carbocycles. The Kier molecular flexibility index (Phi) is 6.61. The van der Waals surface area contributed by atoms with Crippen molar-refractivity contribution in [2.75, 3.05) is 6.54 Å². The first-order valence-corrected chi connectivity index (χ1v) is 6.87. The third-order valence-corrected chi connectivity index (χ3v) is 3.23. The van der Waals surface area contributed by atoms with Gasteiger partial charge >= 0.3 is 0 Å². The highest BCUT2D eigenvalue weighted by Gasteiger charge is 2.18. The third kappa shape index (κ3) is 5.71. The Labute approximate surface area is 127 Å². The van der Waals surface area contributed by atoms with Gasteiger partial charge in [-0.05, 0) is 49.6 Å². The van der Waals surface area contributed by atoms with Crippen LogP contribution in [0.4, 0.5) is 0 Å². The molecule has 0 aliphatic carbocycles. The molecule has 1 amide bonds. The monoisotopic (exact) mass is 313 g/mol. The second-order valence-corrected chi connectivity index (χ2v) is 5.27. The Bertz CT molecular complexity index is 495. The van der Waals surface area contributed by atoms with Crippen molar-refractivity contribution >= 4 is 23.5 Å². The highest BCUT2D eigenvalue weighted by molar-refractivity contribution is 6.30. The number of aryl methyl sites for hydroxylation is 1. The molecule has 21 heavy (non-hydrogen) atoms. The van der Waals surface area contributed by atoms with Crippen LogP contribution in [-0.2, 0) is 9.59 Å². The molecule has 1 fully saturated rings. The van der Waals surface area contributed by atoms with Crippen LogP contribution in [0.15, 0.2) is 18.2 Å². The zero-order valence-corrected chi connectivity index (χ0v) is 12.4. The quantitative estimate of drug-likeness (QED) is 0.706. The van der Waals surface area contributed by atoms with E-state index in [1.54, 1.807) is 19.1 Å². The van der Waals surface area contributed by atoms with Gasteiger partial charge in [0.2, 0.25) is 5.91 Å². The number of carboxylic acid groups (broad SMARTS) is 1. The maximum atomic E-state index is 10.4. The van der Waals surface area contributed by atoms with Crippen LogP contribution in [0.1, 0.15) is 30.1 Å². The smallest absolute Gasteiger partial charge is 0.234 e. The Morgan fingerprint density at radius 1 is 1.48 bits per heavy atom. The van der Waals surface area contributed by atoms with E-state index in [0.29, 0.717) is 5.02 Å². The van der Waals surface area contributed by atoms with E-state index in [2.05, 4.69) is 5.32 Å². The van der Waals surface area contributed by atoms with Crippen LogP contribution in [0.3, 0.4) is 0 Å². The fourth-order valence-electron chi connectivity index (χ4n) is 1.99. The average molecular weight is 314 g/mol. The molecule has 1 aliphatic heterocycles. The standard InChI is InChI=1S/C9H9ClO3.C5H10N2O/c1-5-2-6(4-7(10)3-5)8(11)9(12)13;6-5(8)4-2-1-3-7-4/h2-4,8,11H,1H3,(H,12,13);4,7H,1-3H2,(H2,6,8)/p-1/t8-;4-/m00/s1. The van der Waals surface area contributed by atoms with Crippen LogP contribution in [0.2, 0.25) is 5.02 Å². The van der Waals surface area contributed by atoms with Crippen LogP contribution >= 0.6 is 11.6 Å². The van der Waals surface area contributed by atoms with E-state index in [9.17, 15) is 14.7 Å². The number of carboxylic acids is 1. The molecular formula is C14H18ClN2O4-. The Hall–Kier alpha value is -1.63. The molecule has 0 aromatic heterocycles. The molecule has 1 saturated heterocycles. The van der Waals surface area contributed by atoms with Crippen molar-refractivity contribution in [2.45, 2.75) is 31.9 Å². The molecule has 6 nitrogen and oxygen atoms in total. The first kappa shape index (κ1) is 17.4. The van der Waals surface area contributed by atoms with Gasteiger partial charge in [0.05, 0.1) is 12.0 Å². The average Bonchev–Trinajstić information content (AvgIpc) is 2.91. The summed E-state index contributed by atoms with van der Waals surface area (Å²) < 4.78 is 0. The molecule has 2 atom stereocenters. The van der Waals surface area contributed by atoms with Crippen molar-refractivity contribution in [3.63, 3.8) is 0 Å². The molecule has 4 N–H and O–H groups in total. The Balaban J connectivity index is 0.000000235. The number of rotatable bonds is 3. The van der Waals surface area contributed by atoms with Crippen molar-refractivity contribution in [2.24, 2.45) is 5.73 Å². The molecular weight excluding hydrogens is 296 g/mol. The summed E-state index contributed by atoms with van der Waals surface area (Å²) in [6.07, 6.45) is 0.376. The molecule has 1 aromatic carbocycles. The van der Waals surface area contributed by atoms with Crippen molar-refractivity contribution < 1.29 is 19.8 Å².